The molecule has 2 rings (SSSR count). The van der Waals surface area contributed by atoms with E-state index in [4.69, 9.17) is 11.6 Å². The van der Waals surface area contributed by atoms with Crippen molar-refractivity contribution in [1.82, 2.24) is 10.6 Å². The minimum absolute atomic E-state index is 0.0147. The summed E-state index contributed by atoms with van der Waals surface area (Å²) in [4.78, 5) is 12.0. The molecule has 0 aliphatic heterocycles. The van der Waals surface area contributed by atoms with Crippen molar-refractivity contribution in [3.63, 3.8) is 0 Å². The summed E-state index contributed by atoms with van der Waals surface area (Å²) in [5.41, 5.74) is 0.481. The maximum Gasteiger partial charge on any atom is 0.223 e. The van der Waals surface area contributed by atoms with Gasteiger partial charge in [-0.3, -0.25) is 4.79 Å². The summed E-state index contributed by atoms with van der Waals surface area (Å²) in [5, 5.41) is 6.53. The first-order valence-corrected chi connectivity index (χ1v) is 7.37. The molecule has 0 heterocycles. The van der Waals surface area contributed by atoms with E-state index in [1.807, 2.05) is 13.8 Å². The predicted molar refractivity (Wildman–Crippen MR) is 78.4 cm³/mol. The van der Waals surface area contributed by atoms with Crippen molar-refractivity contribution in [1.29, 1.82) is 0 Å². The van der Waals surface area contributed by atoms with Gasteiger partial charge in [-0.2, -0.15) is 0 Å². The van der Waals surface area contributed by atoms with Crippen LogP contribution in [0.25, 0.3) is 0 Å². The van der Waals surface area contributed by atoms with Gasteiger partial charge in [-0.25, -0.2) is 4.39 Å². The highest BCUT2D eigenvalue weighted by molar-refractivity contribution is 6.31. The van der Waals surface area contributed by atoms with Crippen molar-refractivity contribution in [2.24, 2.45) is 5.92 Å². The first kappa shape index (κ1) is 15.3. The molecule has 20 heavy (non-hydrogen) atoms. The Morgan fingerprint density at radius 3 is 2.95 bits per heavy atom. The fourth-order valence-corrected chi connectivity index (χ4v) is 2.78. The standard InChI is InChI=1S/C15H20ClFN2O/c1-3-18-9(2)8-19-15(20)11-7-10(11)14-12(16)5-4-6-13(14)17/h4-6,9-11,18H,3,7-8H2,1-2H3,(H,19,20)/t9-,10?,11?/m1/s1. The van der Waals surface area contributed by atoms with Crippen LogP contribution in [0.2, 0.25) is 5.02 Å². The molecule has 1 aliphatic rings. The molecule has 1 amide bonds. The minimum Gasteiger partial charge on any atom is -0.354 e. The molecule has 3 nitrogen and oxygen atoms in total. The molecule has 2 N–H and O–H groups in total. The highest BCUT2D eigenvalue weighted by atomic mass is 35.5. The third kappa shape index (κ3) is 3.49. The summed E-state index contributed by atoms with van der Waals surface area (Å²) in [6, 6.07) is 4.87. The van der Waals surface area contributed by atoms with Crippen molar-refractivity contribution in [3.8, 4) is 0 Å². The van der Waals surface area contributed by atoms with Gasteiger partial charge in [0, 0.05) is 35.0 Å². The molecule has 5 heteroatoms. The zero-order valence-corrected chi connectivity index (χ0v) is 12.5. The van der Waals surface area contributed by atoms with E-state index in [2.05, 4.69) is 10.6 Å². The van der Waals surface area contributed by atoms with E-state index in [9.17, 15) is 9.18 Å². The Balaban J connectivity index is 1.90. The number of benzene rings is 1. The van der Waals surface area contributed by atoms with Gasteiger partial charge in [0.05, 0.1) is 0 Å². The zero-order chi connectivity index (χ0) is 14.7. The second-order valence-corrected chi connectivity index (χ2v) is 5.70. The molecule has 110 valence electrons. The van der Waals surface area contributed by atoms with Crippen LogP contribution in [-0.2, 0) is 4.79 Å². The van der Waals surface area contributed by atoms with Crippen LogP contribution in [0.1, 0.15) is 31.7 Å². The summed E-state index contributed by atoms with van der Waals surface area (Å²) in [6.45, 7) is 5.49. The lowest BCUT2D eigenvalue weighted by atomic mass is 10.1. The van der Waals surface area contributed by atoms with Gasteiger partial charge < -0.3 is 10.6 Å². The molecule has 1 saturated carbocycles. The van der Waals surface area contributed by atoms with Crippen LogP contribution in [0.5, 0.6) is 0 Å². The van der Waals surface area contributed by atoms with E-state index in [0.29, 0.717) is 23.6 Å². The number of carbonyl (C=O) groups is 1. The van der Waals surface area contributed by atoms with E-state index in [1.54, 1.807) is 12.1 Å². The van der Waals surface area contributed by atoms with Gasteiger partial charge in [-0.15, -0.1) is 0 Å². The summed E-state index contributed by atoms with van der Waals surface area (Å²) in [7, 11) is 0. The van der Waals surface area contributed by atoms with Crippen LogP contribution in [0.3, 0.4) is 0 Å². The Morgan fingerprint density at radius 1 is 1.55 bits per heavy atom. The monoisotopic (exact) mass is 298 g/mol. The fourth-order valence-electron chi connectivity index (χ4n) is 2.47. The minimum atomic E-state index is -0.321. The molecule has 1 aromatic rings. The smallest absolute Gasteiger partial charge is 0.223 e. The molecule has 0 bridgehead atoms. The third-order valence-corrected chi connectivity index (χ3v) is 3.96. The maximum atomic E-state index is 13.8. The number of hydrogen-bond donors (Lipinski definition) is 2. The first-order chi connectivity index (χ1) is 9.54. The van der Waals surface area contributed by atoms with Gasteiger partial charge >= 0.3 is 0 Å². The molecule has 1 aliphatic carbocycles. The van der Waals surface area contributed by atoms with Crippen molar-refractivity contribution in [3.05, 3.63) is 34.6 Å². The molecule has 0 spiro atoms. The molecule has 3 atom stereocenters. The van der Waals surface area contributed by atoms with Gasteiger partial charge in [-0.05, 0) is 32.0 Å². The Morgan fingerprint density at radius 2 is 2.30 bits per heavy atom. The van der Waals surface area contributed by atoms with Crippen LogP contribution in [0, 0.1) is 11.7 Å². The fraction of sp³-hybridized carbons (Fsp3) is 0.533. The number of nitrogens with one attached hydrogen (secondary N) is 2. The van der Waals surface area contributed by atoms with Crippen molar-refractivity contribution >= 4 is 17.5 Å². The average Bonchev–Trinajstić information content (AvgIpc) is 3.16. The van der Waals surface area contributed by atoms with Gasteiger partial charge in [-0.1, -0.05) is 24.6 Å². The van der Waals surface area contributed by atoms with Crippen LogP contribution in [-0.4, -0.2) is 25.0 Å². The number of hydrogen-bond acceptors (Lipinski definition) is 2. The Bertz CT molecular complexity index is 475. The Labute approximate surface area is 123 Å². The molecule has 0 radical (unpaired) electrons. The topological polar surface area (TPSA) is 41.1 Å². The molecule has 0 aromatic heterocycles. The molecule has 0 saturated heterocycles. The van der Waals surface area contributed by atoms with E-state index >= 15 is 0 Å². The number of likely N-dealkylation sites (N-methyl/N-ethyl adjacent to an activating group) is 1. The second kappa shape index (κ2) is 6.55. The summed E-state index contributed by atoms with van der Waals surface area (Å²) >= 11 is 6.02. The predicted octanol–water partition coefficient (Wildman–Crippen LogP) is 2.70. The number of halogens is 2. The van der Waals surface area contributed by atoms with Crippen molar-refractivity contribution in [2.75, 3.05) is 13.1 Å². The Hall–Kier alpha value is -1.13. The Kier molecular flexibility index (Phi) is 5.00. The molecule has 1 fully saturated rings. The largest absolute Gasteiger partial charge is 0.354 e. The van der Waals surface area contributed by atoms with Crippen LogP contribution >= 0.6 is 11.6 Å². The highest BCUT2D eigenvalue weighted by Gasteiger charge is 2.46. The van der Waals surface area contributed by atoms with Crippen LogP contribution in [0.15, 0.2) is 18.2 Å². The first-order valence-electron chi connectivity index (χ1n) is 6.99. The lowest BCUT2D eigenvalue weighted by molar-refractivity contribution is -0.122. The van der Waals surface area contributed by atoms with Gasteiger partial charge in [0.2, 0.25) is 5.91 Å². The SMILES string of the molecule is CCN[C@H](C)CNC(=O)C1CC1c1c(F)cccc1Cl. The van der Waals surface area contributed by atoms with Gasteiger partial charge in [0.25, 0.3) is 0 Å². The van der Waals surface area contributed by atoms with Crippen molar-refractivity contribution in [2.45, 2.75) is 32.2 Å². The number of carbonyl (C=O) groups excluding carboxylic acids is 1. The quantitative estimate of drug-likeness (QED) is 0.848. The summed E-state index contributed by atoms with van der Waals surface area (Å²) < 4.78 is 13.8. The van der Waals surface area contributed by atoms with Gasteiger partial charge in [0.1, 0.15) is 5.82 Å². The lowest BCUT2D eigenvalue weighted by Crippen LogP contribution is -2.39. The van der Waals surface area contributed by atoms with Crippen LogP contribution < -0.4 is 10.6 Å². The number of rotatable bonds is 6. The van der Waals surface area contributed by atoms with Crippen molar-refractivity contribution < 1.29 is 9.18 Å². The highest BCUT2D eigenvalue weighted by Crippen LogP contribution is 2.50. The van der Waals surface area contributed by atoms with Crippen LogP contribution in [0.4, 0.5) is 4.39 Å². The number of amides is 1. The van der Waals surface area contributed by atoms with E-state index in [0.717, 1.165) is 6.54 Å². The molecule has 1 aromatic carbocycles. The van der Waals surface area contributed by atoms with Gasteiger partial charge in [0.15, 0.2) is 0 Å². The zero-order valence-electron chi connectivity index (χ0n) is 11.7. The molecular formula is C15H20ClFN2O. The summed E-state index contributed by atoms with van der Waals surface area (Å²) in [5.74, 6) is -0.575. The van der Waals surface area contributed by atoms with E-state index in [1.165, 1.54) is 6.07 Å². The molecular weight excluding hydrogens is 279 g/mol. The molecule has 2 unspecified atom stereocenters. The lowest BCUT2D eigenvalue weighted by Gasteiger charge is -2.13. The second-order valence-electron chi connectivity index (χ2n) is 5.29. The normalized spacial score (nSPS) is 22.4. The van der Waals surface area contributed by atoms with E-state index in [-0.39, 0.29) is 29.6 Å². The average molecular weight is 299 g/mol. The maximum absolute atomic E-state index is 13.8. The van der Waals surface area contributed by atoms with E-state index < -0.39 is 0 Å². The summed E-state index contributed by atoms with van der Waals surface area (Å²) in [6.07, 6.45) is 0.669. The third-order valence-electron chi connectivity index (χ3n) is 3.63.